The average Bonchev–Trinajstić information content (AvgIpc) is 2.39. The van der Waals surface area contributed by atoms with E-state index in [1.807, 2.05) is 36.5 Å². The van der Waals surface area contributed by atoms with E-state index < -0.39 is 0 Å². The van der Waals surface area contributed by atoms with E-state index in [1.54, 1.807) is 6.07 Å². The van der Waals surface area contributed by atoms with Crippen molar-refractivity contribution in [1.29, 1.82) is 0 Å². The lowest BCUT2D eigenvalue weighted by atomic mass is 10.1. The molecule has 2 aromatic rings. The number of pyridine rings is 1. The van der Waals surface area contributed by atoms with Crippen LogP contribution in [0, 0.1) is 0 Å². The van der Waals surface area contributed by atoms with Crippen LogP contribution in [0.4, 0.5) is 0 Å². The topological polar surface area (TPSA) is 30.0 Å². The molecule has 0 aliphatic rings. The van der Waals surface area contributed by atoms with Gasteiger partial charge in [0.1, 0.15) is 5.78 Å². The fourth-order valence-corrected chi connectivity index (χ4v) is 2.12. The van der Waals surface area contributed by atoms with Crippen molar-refractivity contribution in [3.63, 3.8) is 0 Å². The largest absolute Gasteiger partial charge is 0.299 e. The number of carbonyl (C=O) groups is 1. The van der Waals surface area contributed by atoms with Gasteiger partial charge >= 0.3 is 0 Å². The number of rotatable bonds is 5. The summed E-state index contributed by atoms with van der Waals surface area (Å²) in [5.74, 6) is 0.152. The van der Waals surface area contributed by atoms with Crippen LogP contribution in [0.15, 0.2) is 42.6 Å². The molecular weight excluding hydrogens is 258 g/mol. The van der Waals surface area contributed by atoms with E-state index in [-0.39, 0.29) is 5.78 Å². The molecule has 1 aromatic heterocycles. The molecule has 0 radical (unpaired) electrons. The fourth-order valence-electron chi connectivity index (χ4n) is 1.91. The lowest BCUT2D eigenvalue weighted by Gasteiger charge is -2.03. The zero-order valence-electron chi connectivity index (χ0n) is 10.9. The molecule has 0 saturated heterocycles. The summed E-state index contributed by atoms with van der Waals surface area (Å²) in [5, 5.41) is 0.663. The van der Waals surface area contributed by atoms with Gasteiger partial charge < -0.3 is 0 Å². The van der Waals surface area contributed by atoms with Crippen molar-refractivity contribution in [2.45, 2.75) is 26.2 Å². The number of hydrogen-bond donors (Lipinski definition) is 0. The highest BCUT2D eigenvalue weighted by atomic mass is 35.5. The van der Waals surface area contributed by atoms with E-state index in [4.69, 9.17) is 11.6 Å². The summed E-state index contributed by atoms with van der Waals surface area (Å²) >= 11 is 5.90. The molecular formula is C16H16ClNO. The van der Waals surface area contributed by atoms with Gasteiger partial charge in [-0.25, -0.2) is 0 Å². The minimum Gasteiger partial charge on any atom is -0.299 e. The van der Waals surface area contributed by atoms with E-state index in [2.05, 4.69) is 11.9 Å². The Morgan fingerprint density at radius 3 is 2.63 bits per heavy atom. The molecule has 0 spiro atoms. The number of ketones is 1. The van der Waals surface area contributed by atoms with Crippen molar-refractivity contribution in [2.75, 3.05) is 0 Å². The summed E-state index contributed by atoms with van der Waals surface area (Å²) < 4.78 is 0. The Bertz CT molecular complexity index is 563. The van der Waals surface area contributed by atoms with Gasteiger partial charge in [-0.1, -0.05) is 36.7 Å². The fraction of sp³-hybridized carbons (Fsp3) is 0.250. The first-order valence-electron chi connectivity index (χ1n) is 6.37. The van der Waals surface area contributed by atoms with Crippen LogP contribution in [-0.4, -0.2) is 10.8 Å². The Morgan fingerprint density at radius 1 is 1.16 bits per heavy atom. The Labute approximate surface area is 118 Å². The number of carbonyl (C=O) groups excluding carboxylic acids is 1. The van der Waals surface area contributed by atoms with Crippen LogP contribution < -0.4 is 0 Å². The van der Waals surface area contributed by atoms with Crippen molar-refractivity contribution in [3.05, 3.63) is 64.4 Å². The molecule has 98 valence electrons. The van der Waals surface area contributed by atoms with Crippen LogP contribution >= 0.6 is 11.6 Å². The molecule has 0 saturated carbocycles. The maximum Gasteiger partial charge on any atom is 0.143 e. The summed E-state index contributed by atoms with van der Waals surface area (Å²) in [7, 11) is 0. The first-order valence-corrected chi connectivity index (χ1v) is 6.75. The number of hydrogen-bond acceptors (Lipinski definition) is 2. The van der Waals surface area contributed by atoms with E-state index in [0.717, 1.165) is 17.7 Å². The number of nitrogens with zero attached hydrogens (tertiary/aromatic N) is 1. The normalized spacial score (nSPS) is 10.4. The number of aromatic nitrogens is 1. The Hall–Kier alpha value is -1.67. The van der Waals surface area contributed by atoms with Crippen LogP contribution in [0.2, 0.25) is 5.02 Å². The number of halogens is 1. The van der Waals surface area contributed by atoms with Crippen LogP contribution in [0.25, 0.3) is 0 Å². The molecule has 0 fully saturated rings. The molecule has 1 aromatic carbocycles. The van der Waals surface area contributed by atoms with Crippen LogP contribution in [0.3, 0.4) is 0 Å². The number of benzene rings is 1. The van der Waals surface area contributed by atoms with Gasteiger partial charge in [0, 0.05) is 29.8 Å². The predicted molar refractivity (Wildman–Crippen MR) is 77.5 cm³/mol. The monoisotopic (exact) mass is 273 g/mol. The molecule has 0 atom stereocenters. The molecule has 0 aliphatic heterocycles. The Morgan fingerprint density at radius 2 is 2.00 bits per heavy atom. The van der Waals surface area contributed by atoms with Gasteiger partial charge in [0.15, 0.2) is 0 Å². The van der Waals surface area contributed by atoms with Gasteiger partial charge in [-0.2, -0.15) is 0 Å². The number of aryl methyl sites for hydroxylation is 1. The first-order chi connectivity index (χ1) is 9.17. The van der Waals surface area contributed by atoms with Gasteiger partial charge in [-0.05, 0) is 35.7 Å². The minimum absolute atomic E-state index is 0.152. The second kappa shape index (κ2) is 6.48. The highest BCUT2D eigenvalue weighted by molar-refractivity contribution is 6.30. The molecule has 0 amide bonds. The van der Waals surface area contributed by atoms with Crippen LogP contribution in [0.1, 0.15) is 23.7 Å². The second-order valence-electron chi connectivity index (χ2n) is 4.53. The molecule has 0 aliphatic carbocycles. The molecule has 2 nitrogen and oxygen atoms in total. The second-order valence-corrected chi connectivity index (χ2v) is 4.97. The average molecular weight is 274 g/mol. The van der Waals surface area contributed by atoms with E-state index in [1.165, 1.54) is 5.56 Å². The van der Waals surface area contributed by atoms with Crippen molar-refractivity contribution in [1.82, 2.24) is 4.98 Å². The lowest BCUT2D eigenvalue weighted by Crippen LogP contribution is -2.07. The Kier molecular flexibility index (Phi) is 4.69. The summed E-state index contributed by atoms with van der Waals surface area (Å²) in [6.45, 7) is 2.08. The zero-order chi connectivity index (χ0) is 13.7. The van der Waals surface area contributed by atoms with Crippen molar-refractivity contribution < 1.29 is 4.79 Å². The SMILES string of the molecule is CCc1ccc(CC(=O)Cc2cccc(Cl)c2)nc1. The molecule has 1 heterocycles. The van der Waals surface area contributed by atoms with Crippen LogP contribution in [-0.2, 0) is 24.1 Å². The molecule has 3 heteroatoms. The third-order valence-corrected chi connectivity index (χ3v) is 3.20. The van der Waals surface area contributed by atoms with Gasteiger partial charge in [0.25, 0.3) is 0 Å². The highest BCUT2D eigenvalue weighted by Crippen LogP contribution is 2.12. The summed E-state index contributed by atoms with van der Waals surface area (Å²) in [6.07, 6.45) is 3.57. The number of Topliss-reactive ketones (excluding diaryl/α,β-unsaturated/α-hetero) is 1. The molecule has 0 bridgehead atoms. The third-order valence-electron chi connectivity index (χ3n) is 2.96. The molecule has 2 rings (SSSR count). The third kappa shape index (κ3) is 4.18. The molecule has 0 unspecified atom stereocenters. The highest BCUT2D eigenvalue weighted by Gasteiger charge is 2.06. The van der Waals surface area contributed by atoms with E-state index in [0.29, 0.717) is 17.9 Å². The standard InChI is InChI=1S/C16H16ClNO/c1-2-12-6-7-15(18-11-12)10-16(19)9-13-4-3-5-14(17)8-13/h3-8,11H,2,9-10H2,1H3. The quantitative estimate of drug-likeness (QED) is 0.832. The van der Waals surface area contributed by atoms with E-state index in [9.17, 15) is 4.79 Å². The smallest absolute Gasteiger partial charge is 0.143 e. The minimum atomic E-state index is 0.152. The van der Waals surface area contributed by atoms with Crippen molar-refractivity contribution in [3.8, 4) is 0 Å². The predicted octanol–water partition coefficient (Wildman–Crippen LogP) is 3.65. The molecule has 0 N–H and O–H groups in total. The van der Waals surface area contributed by atoms with Crippen molar-refractivity contribution >= 4 is 17.4 Å². The maximum atomic E-state index is 12.0. The lowest BCUT2D eigenvalue weighted by molar-refractivity contribution is -0.117. The maximum absolute atomic E-state index is 12.0. The van der Waals surface area contributed by atoms with Gasteiger partial charge in [-0.3, -0.25) is 9.78 Å². The first kappa shape index (κ1) is 13.8. The summed E-state index contributed by atoms with van der Waals surface area (Å²) in [6, 6.07) is 11.4. The zero-order valence-corrected chi connectivity index (χ0v) is 11.7. The van der Waals surface area contributed by atoms with Crippen LogP contribution in [0.5, 0.6) is 0 Å². The van der Waals surface area contributed by atoms with Crippen molar-refractivity contribution in [2.24, 2.45) is 0 Å². The Balaban J connectivity index is 1.97. The van der Waals surface area contributed by atoms with E-state index >= 15 is 0 Å². The molecule has 19 heavy (non-hydrogen) atoms. The summed E-state index contributed by atoms with van der Waals surface area (Å²) in [4.78, 5) is 16.3. The van der Waals surface area contributed by atoms with Gasteiger partial charge in [0.2, 0.25) is 0 Å². The summed E-state index contributed by atoms with van der Waals surface area (Å²) in [5.41, 5.74) is 2.96. The van der Waals surface area contributed by atoms with Gasteiger partial charge in [-0.15, -0.1) is 0 Å². The van der Waals surface area contributed by atoms with Gasteiger partial charge in [0.05, 0.1) is 0 Å².